The second-order valence-corrected chi connectivity index (χ2v) is 4.52. The topological polar surface area (TPSA) is 67.2 Å². The van der Waals surface area contributed by atoms with Gasteiger partial charge >= 0.3 is 5.69 Å². The average Bonchev–Trinajstić information content (AvgIpc) is 2.65. The Morgan fingerprint density at radius 1 is 1.76 bits per heavy atom. The Kier molecular flexibility index (Phi) is 3.62. The van der Waals surface area contributed by atoms with Crippen LogP contribution in [-0.4, -0.2) is 33.5 Å². The molecule has 0 unspecified atom stereocenters. The van der Waals surface area contributed by atoms with Crippen molar-refractivity contribution >= 4 is 23.8 Å². The van der Waals surface area contributed by atoms with E-state index in [1.807, 2.05) is 0 Å². The average molecular weight is 281 g/mol. The summed E-state index contributed by atoms with van der Waals surface area (Å²) in [7, 11) is 0. The Morgan fingerprint density at radius 3 is 3.06 bits per heavy atom. The third-order valence-corrected chi connectivity index (χ3v) is 3.30. The lowest BCUT2D eigenvalue weighted by atomic mass is 10.2. The maximum atomic E-state index is 13.4. The Labute approximate surface area is 106 Å². The molecule has 0 radical (unpaired) electrons. The number of aliphatic hydroxyl groups is 1. The van der Waals surface area contributed by atoms with Gasteiger partial charge in [-0.05, 0) is 0 Å². The van der Waals surface area contributed by atoms with E-state index < -0.39 is 30.8 Å². The van der Waals surface area contributed by atoms with E-state index >= 15 is 0 Å². The Morgan fingerprint density at radius 2 is 2.47 bits per heavy atom. The second kappa shape index (κ2) is 4.85. The minimum atomic E-state index is -1.31. The lowest BCUT2D eigenvalue weighted by Crippen LogP contribution is -2.27. The van der Waals surface area contributed by atoms with Gasteiger partial charge in [0.15, 0.2) is 0 Å². The van der Waals surface area contributed by atoms with E-state index in [0.717, 1.165) is 4.57 Å². The summed E-state index contributed by atoms with van der Waals surface area (Å²) in [6.45, 7) is -0.428. The third-order valence-electron chi connectivity index (χ3n) is 2.58. The first-order valence-corrected chi connectivity index (χ1v) is 5.73. The fourth-order valence-corrected chi connectivity index (χ4v) is 1.99. The first-order chi connectivity index (χ1) is 8.02. The number of aromatic nitrogens is 2. The van der Waals surface area contributed by atoms with Crippen molar-refractivity contribution < 1.29 is 14.2 Å². The zero-order chi connectivity index (χ0) is 12.6. The normalized spacial score (nSPS) is 28.5. The summed E-state index contributed by atoms with van der Waals surface area (Å²) in [5, 5.41) is 9.05. The molecule has 8 heteroatoms. The molecule has 0 amide bonds. The molecule has 94 valence electrons. The number of ether oxygens (including phenoxy) is 1. The molecule has 0 saturated carbocycles. The number of nitrogens with one attached hydrogen (secondary N) is 1. The van der Waals surface area contributed by atoms with Gasteiger partial charge in [0.1, 0.15) is 23.1 Å². The fraction of sp³-hybridized carbons (Fsp3) is 0.556. The molecule has 2 N–H and O–H groups in total. The molecule has 1 saturated heterocycles. The Bertz CT molecular complexity index is 532. The largest absolute Gasteiger partial charge is 0.394 e. The van der Waals surface area contributed by atoms with Crippen LogP contribution in [-0.2, 0) is 4.74 Å². The summed E-state index contributed by atoms with van der Waals surface area (Å²) in [4.78, 5) is 14.0. The molecule has 0 bridgehead atoms. The van der Waals surface area contributed by atoms with Crippen LogP contribution in [0.4, 0.5) is 4.39 Å². The molecule has 3 atom stereocenters. The third kappa shape index (κ3) is 2.42. The van der Waals surface area contributed by atoms with E-state index in [9.17, 15) is 9.18 Å². The summed E-state index contributed by atoms with van der Waals surface area (Å²) in [5.74, 6) is 0. The zero-order valence-electron chi connectivity index (χ0n) is 8.60. The fourth-order valence-electron chi connectivity index (χ4n) is 1.70. The standard InChI is InChI=1S/C9H10ClFN2O3S/c10-4-2-13(9(15)12-8(4)17)7-1-5(11)6(3-14)16-7/h2,5-7,14H,1,3H2,(H,12,15,17)/t5-,6+,7+/m0/s1. The van der Waals surface area contributed by atoms with Crippen LogP contribution in [0.25, 0.3) is 0 Å². The lowest BCUT2D eigenvalue weighted by Gasteiger charge is -2.14. The predicted molar refractivity (Wildman–Crippen MR) is 61.4 cm³/mol. The zero-order valence-corrected chi connectivity index (χ0v) is 10.2. The van der Waals surface area contributed by atoms with Crippen LogP contribution in [0, 0.1) is 4.64 Å². The van der Waals surface area contributed by atoms with Crippen molar-refractivity contribution in [2.45, 2.75) is 24.9 Å². The molecular weight excluding hydrogens is 271 g/mol. The van der Waals surface area contributed by atoms with Gasteiger partial charge in [-0.1, -0.05) is 23.8 Å². The van der Waals surface area contributed by atoms with Crippen molar-refractivity contribution in [2.24, 2.45) is 0 Å². The van der Waals surface area contributed by atoms with Crippen molar-refractivity contribution in [3.05, 3.63) is 26.3 Å². The van der Waals surface area contributed by atoms with E-state index in [1.54, 1.807) is 0 Å². The van der Waals surface area contributed by atoms with Crippen molar-refractivity contribution in [1.82, 2.24) is 9.55 Å². The number of H-pyrrole nitrogens is 1. The molecule has 2 rings (SSSR count). The summed E-state index contributed by atoms with van der Waals surface area (Å²) in [6.07, 6.45) is -1.70. The Hall–Kier alpha value is -0.760. The van der Waals surface area contributed by atoms with Crippen LogP contribution in [0.15, 0.2) is 11.0 Å². The lowest BCUT2D eigenvalue weighted by molar-refractivity contribution is -0.0355. The van der Waals surface area contributed by atoms with Crippen LogP contribution in [0.1, 0.15) is 12.6 Å². The molecule has 1 aliphatic rings. The Balaban J connectivity index is 2.34. The highest BCUT2D eigenvalue weighted by Gasteiger charge is 2.36. The smallest absolute Gasteiger partial charge is 0.328 e. The molecule has 17 heavy (non-hydrogen) atoms. The van der Waals surface area contributed by atoms with Crippen LogP contribution in [0.5, 0.6) is 0 Å². The molecule has 5 nitrogen and oxygen atoms in total. The summed E-state index contributed by atoms with van der Waals surface area (Å²) in [6, 6.07) is 0. The monoisotopic (exact) mass is 280 g/mol. The van der Waals surface area contributed by atoms with Gasteiger partial charge in [-0.2, -0.15) is 0 Å². The van der Waals surface area contributed by atoms with E-state index in [2.05, 4.69) is 4.98 Å². The number of halogens is 2. The maximum absolute atomic E-state index is 13.4. The molecule has 2 heterocycles. The van der Waals surface area contributed by atoms with E-state index in [1.165, 1.54) is 6.20 Å². The highest BCUT2D eigenvalue weighted by atomic mass is 35.5. The highest BCUT2D eigenvalue weighted by molar-refractivity contribution is 7.71. The number of nitrogens with zero attached hydrogens (tertiary/aromatic N) is 1. The van der Waals surface area contributed by atoms with Crippen LogP contribution in [0.3, 0.4) is 0 Å². The first kappa shape index (κ1) is 12.7. The SMILES string of the molecule is O=c1[nH]c(=S)c(Cl)cn1[C@H]1C[C@H](F)[C@@H](CO)O1. The summed E-state index contributed by atoms with van der Waals surface area (Å²) in [5.41, 5.74) is -0.518. The molecule has 0 spiro atoms. The van der Waals surface area contributed by atoms with Gasteiger partial charge in [0.05, 0.1) is 11.6 Å². The molecule has 0 aromatic carbocycles. The molecular formula is C9H10ClFN2O3S. The molecule has 0 aliphatic carbocycles. The summed E-state index contributed by atoms with van der Waals surface area (Å²) >= 11 is 10.6. The maximum Gasteiger partial charge on any atom is 0.328 e. The van der Waals surface area contributed by atoms with Crippen molar-refractivity contribution in [3.8, 4) is 0 Å². The van der Waals surface area contributed by atoms with Gasteiger partial charge in [-0.15, -0.1) is 0 Å². The number of hydrogen-bond acceptors (Lipinski definition) is 4. The van der Waals surface area contributed by atoms with Crippen LogP contribution >= 0.6 is 23.8 Å². The van der Waals surface area contributed by atoms with Crippen molar-refractivity contribution in [3.63, 3.8) is 0 Å². The number of aromatic amines is 1. The number of alkyl halides is 1. The minimum absolute atomic E-state index is 0.00786. The second-order valence-electron chi connectivity index (χ2n) is 3.71. The minimum Gasteiger partial charge on any atom is -0.394 e. The summed E-state index contributed by atoms with van der Waals surface area (Å²) < 4.78 is 19.8. The molecule has 1 aromatic heterocycles. The van der Waals surface area contributed by atoms with Crippen LogP contribution in [0.2, 0.25) is 5.02 Å². The van der Waals surface area contributed by atoms with Crippen molar-refractivity contribution in [2.75, 3.05) is 6.61 Å². The van der Waals surface area contributed by atoms with Gasteiger partial charge in [0.25, 0.3) is 0 Å². The van der Waals surface area contributed by atoms with Crippen molar-refractivity contribution in [1.29, 1.82) is 0 Å². The molecule has 1 aromatic rings. The van der Waals surface area contributed by atoms with E-state index in [0.29, 0.717) is 0 Å². The van der Waals surface area contributed by atoms with Gasteiger partial charge in [0.2, 0.25) is 0 Å². The number of rotatable bonds is 2. The number of aliphatic hydroxyl groups excluding tert-OH is 1. The van der Waals surface area contributed by atoms with Gasteiger partial charge in [0, 0.05) is 12.6 Å². The first-order valence-electron chi connectivity index (χ1n) is 4.94. The molecule has 1 fully saturated rings. The van der Waals surface area contributed by atoms with E-state index in [-0.39, 0.29) is 16.1 Å². The highest BCUT2D eigenvalue weighted by Crippen LogP contribution is 2.29. The predicted octanol–water partition coefficient (Wildman–Crippen LogP) is 1.18. The van der Waals surface area contributed by atoms with Gasteiger partial charge < -0.3 is 9.84 Å². The van der Waals surface area contributed by atoms with Gasteiger partial charge in [-0.25, -0.2) is 9.18 Å². The van der Waals surface area contributed by atoms with Gasteiger partial charge in [-0.3, -0.25) is 9.55 Å². The van der Waals surface area contributed by atoms with Crippen LogP contribution < -0.4 is 5.69 Å². The number of hydrogen-bond donors (Lipinski definition) is 2. The molecule has 1 aliphatic heterocycles. The quantitative estimate of drug-likeness (QED) is 0.798. The van der Waals surface area contributed by atoms with E-state index in [4.69, 9.17) is 33.7 Å².